The van der Waals surface area contributed by atoms with Crippen molar-refractivity contribution in [2.75, 3.05) is 39.3 Å². The summed E-state index contributed by atoms with van der Waals surface area (Å²) in [6, 6.07) is 13.7. The lowest BCUT2D eigenvalue weighted by Crippen LogP contribution is -2.46. The summed E-state index contributed by atoms with van der Waals surface area (Å²) in [6.45, 7) is 5.80. The van der Waals surface area contributed by atoms with Crippen molar-refractivity contribution in [1.82, 2.24) is 20.4 Å². The summed E-state index contributed by atoms with van der Waals surface area (Å²) < 4.78 is 0. The molecule has 0 radical (unpaired) electrons. The summed E-state index contributed by atoms with van der Waals surface area (Å²) in [5, 5.41) is 29.0. The van der Waals surface area contributed by atoms with Gasteiger partial charge in [0.05, 0.1) is 22.2 Å². The molecule has 2 aromatic rings. The number of nitro benzene ring substituents is 2. The van der Waals surface area contributed by atoms with Gasteiger partial charge in [0.2, 0.25) is 0 Å². The number of hydrogen-bond acceptors (Lipinski definition) is 8. The quantitative estimate of drug-likeness (QED) is 0.326. The van der Waals surface area contributed by atoms with Crippen molar-refractivity contribution in [1.29, 1.82) is 0 Å². The van der Waals surface area contributed by atoms with Crippen LogP contribution in [0.15, 0.2) is 48.5 Å². The molecule has 2 atom stereocenters. The number of non-ortho nitro benzene ring substituents is 2. The third-order valence-corrected chi connectivity index (χ3v) is 6.63. The molecule has 2 saturated heterocycles. The second-order valence-corrected chi connectivity index (χ2v) is 8.90. The average Bonchev–Trinajstić information content (AvgIpc) is 2.87. The van der Waals surface area contributed by atoms with Gasteiger partial charge in [-0.15, -0.1) is 0 Å². The Labute approximate surface area is 199 Å². The fraction of sp³-hybridized carbons (Fsp3) is 0.500. The van der Waals surface area contributed by atoms with Crippen LogP contribution >= 0.6 is 0 Å². The van der Waals surface area contributed by atoms with Crippen LogP contribution in [0.5, 0.6) is 0 Å². The van der Waals surface area contributed by atoms with Crippen molar-refractivity contribution in [3.8, 4) is 0 Å². The van der Waals surface area contributed by atoms with Crippen molar-refractivity contribution < 1.29 is 9.85 Å². The van der Waals surface area contributed by atoms with E-state index in [2.05, 4.69) is 20.4 Å². The molecule has 4 rings (SSSR count). The van der Waals surface area contributed by atoms with Crippen LogP contribution in [-0.2, 0) is 0 Å². The summed E-state index contributed by atoms with van der Waals surface area (Å²) >= 11 is 0. The molecule has 2 aliphatic rings. The van der Waals surface area contributed by atoms with Gasteiger partial charge in [-0.1, -0.05) is 0 Å². The van der Waals surface area contributed by atoms with E-state index in [4.69, 9.17) is 0 Å². The summed E-state index contributed by atoms with van der Waals surface area (Å²) in [4.78, 5) is 26.0. The molecular formula is C24H32N6O4. The van der Waals surface area contributed by atoms with Crippen LogP contribution in [0.1, 0.15) is 49.1 Å². The van der Waals surface area contributed by atoms with E-state index >= 15 is 0 Å². The Kier molecular flexibility index (Phi) is 8.17. The predicted octanol–water partition coefficient (Wildman–Crippen LogP) is 3.57. The van der Waals surface area contributed by atoms with Gasteiger partial charge in [0.1, 0.15) is 0 Å². The highest BCUT2D eigenvalue weighted by Crippen LogP contribution is 2.26. The summed E-state index contributed by atoms with van der Waals surface area (Å²) in [6.07, 6.45) is 4.44. The van der Waals surface area contributed by atoms with Crippen LogP contribution in [0.25, 0.3) is 0 Å². The predicted molar refractivity (Wildman–Crippen MR) is 129 cm³/mol. The number of nitro groups is 2. The Morgan fingerprint density at radius 2 is 1.09 bits per heavy atom. The van der Waals surface area contributed by atoms with Crippen LogP contribution in [0.3, 0.4) is 0 Å². The molecule has 2 fully saturated rings. The minimum atomic E-state index is -0.366. The molecule has 0 amide bonds. The highest BCUT2D eigenvalue weighted by molar-refractivity contribution is 5.35. The fourth-order valence-electron chi connectivity index (χ4n) is 4.88. The number of nitrogens with zero attached hydrogens (tertiary/aromatic N) is 4. The van der Waals surface area contributed by atoms with Crippen LogP contribution in [0, 0.1) is 20.2 Å². The van der Waals surface area contributed by atoms with Crippen molar-refractivity contribution in [3.63, 3.8) is 0 Å². The Morgan fingerprint density at radius 3 is 1.44 bits per heavy atom. The van der Waals surface area contributed by atoms with Crippen molar-refractivity contribution in [2.24, 2.45) is 0 Å². The molecule has 0 unspecified atom stereocenters. The van der Waals surface area contributed by atoms with E-state index in [0.29, 0.717) is 0 Å². The normalized spacial score (nSPS) is 21.9. The number of hydrogen-bond donors (Lipinski definition) is 2. The van der Waals surface area contributed by atoms with E-state index in [1.807, 2.05) is 24.3 Å². The third-order valence-electron chi connectivity index (χ3n) is 6.63. The molecule has 0 saturated carbocycles. The van der Waals surface area contributed by atoms with Gasteiger partial charge in [0.25, 0.3) is 11.4 Å². The first kappa shape index (κ1) is 24.2. The van der Waals surface area contributed by atoms with Crippen LogP contribution < -0.4 is 10.6 Å². The summed E-state index contributed by atoms with van der Waals surface area (Å²) in [5.41, 5.74) is 2.35. The molecule has 2 aromatic carbocycles. The van der Waals surface area contributed by atoms with Crippen LogP contribution in [-0.4, -0.2) is 58.9 Å². The molecule has 0 aliphatic carbocycles. The second-order valence-electron chi connectivity index (χ2n) is 8.90. The van der Waals surface area contributed by atoms with Gasteiger partial charge in [0, 0.05) is 37.4 Å². The van der Waals surface area contributed by atoms with E-state index < -0.39 is 0 Å². The summed E-state index contributed by atoms with van der Waals surface area (Å²) in [5.74, 6) is 0. The second kappa shape index (κ2) is 11.5. The van der Waals surface area contributed by atoms with Gasteiger partial charge in [-0.05, 0) is 87.3 Å². The van der Waals surface area contributed by atoms with Crippen LogP contribution in [0.4, 0.5) is 11.4 Å². The highest BCUT2D eigenvalue weighted by Gasteiger charge is 2.25. The Hall–Kier alpha value is -2.92. The zero-order valence-electron chi connectivity index (χ0n) is 19.3. The lowest BCUT2D eigenvalue weighted by atomic mass is 10.1. The number of unbranched alkanes of at least 4 members (excludes halogenated alkanes) is 1. The minimum Gasteiger partial charge on any atom is -0.298 e. The highest BCUT2D eigenvalue weighted by atomic mass is 16.6. The lowest BCUT2D eigenvalue weighted by molar-refractivity contribution is -0.385. The van der Waals surface area contributed by atoms with E-state index in [1.54, 1.807) is 24.3 Å². The summed E-state index contributed by atoms with van der Waals surface area (Å²) in [7, 11) is 0. The smallest absolute Gasteiger partial charge is 0.269 e. The zero-order valence-corrected chi connectivity index (χ0v) is 19.3. The monoisotopic (exact) mass is 468 g/mol. The Bertz CT molecular complexity index is 889. The topological polar surface area (TPSA) is 117 Å². The van der Waals surface area contributed by atoms with Gasteiger partial charge in [-0.2, -0.15) is 0 Å². The number of nitrogens with one attached hydrogen (secondary N) is 2. The van der Waals surface area contributed by atoms with E-state index in [-0.39, 0.29) is 33.6 Å². The van der Waals surface area contributed by atoms with E-state index in [9.17, 15) is 20.2 Å². The largest absolute Gasteiger partial charge is 0.298 e. The first-order valence-corrected chi connectivity index (χ1v) is 12.0. The molecule has 2 heterocycles. The molecule has 34 heavy (non-hydrogen) atoms. The van der Waals surface area contributed by atoms with E-state index in [1.165, 1.54) is 0 Å². The SMILES string of the molecule is O=[N+]([O-])c1ccc([C@H]2NCCCN2CCCCN2CCCN[C@H]2c2ccc([N+](=O)[O-])cc2)cc1. The average molecular weight is 469 g/mol. The minimum absolute atomic E-state index is 0.0825. The standard InChI is InChI=1S/C24H32N6O4/c31-29(32)21-9-5-19(6-10-21)23-25-13-3-17-27(23)15-1-2-16-28-18-4-14-26-24(28)20-7-11-22(12-8-20)30(33)34/h5-12,23-26H,1-4,13-18H2/t23-,24+. The Balaban J connectivity index is 1.30. The lowest BCUT2D eigenvalue weighted by Gasteiger charge is -2.38. The number of benzene rings is 2. The molecule has 0 aromatic heterocycles. The van der Waals surface area contributed by atoms with Gasteiger partial charge < -0.3 is 0 Å². The Morgan fingerprint density at radius 1 is 0.706 bits per heavy atom. The molecule has 2 N–H and O–H groups in total. The number of rotatable bonds is 9. The van der Waals surface area contributed by atoms with Crippen molar-refractivity contribution in [3.05, 3.63) is 79.9 Å². The molecule has 182 valence electrons. The van der Waals surface area contributed by atoms with E-state index in [0.717, 1.165) is 76.1 Å². The van der Waals surface area contributed by atoms with Gasteiger partial charge in [-0.25, -0.2) is 0 Å². The molecule has 10 nitrogen and oxygen atoms in total. The van der Waals surface area contributed by atoms with Gasteiger partial charge >= 0.3 is 0 Å². The molecule has 2 aliphatic heterocycles. The fourth-order valence-corrected chi connectivity index (χ4v) is 4.88. The van der Waals surface area contributed by atoms with Gasteiger partial charge in [0.15, 0.2) is 0 Å². The third kappa shape index (κ3) is 5.95. The molecule has 10 heteroatoms. The zero-order chi connectivity index (χ0) is 23.9. The molecule has 0 spiro atoms. The first-order valence-electron chi connectivity index (χ1n) is 12.0. The van der Waals surface area contributed by atoms with Crippen molar-refractivity contribution in [2.45, 2.75) is 38.0 Å². The molecular weight excluding hydrogens is 436 g/mol. The maximum absolute atomic E-state index is 11.0. The maximum Gasteiger partial charge on any atom is 0.269 e. The van der Waals surface area contributed by atoms with Crippen LogP contribution in [0.2, 0.25) is 0 Å². The first-order chi connectivity index (χ1) is 16.5. The maximum atomic E-state index is 11.0. The van der Waals surface area contributed by atoms with Crippen molar-refractivity contribution >= 4 is 11.4 Å². The van der Waals surface area contributed by atoms with Gasteiger partial charge in [-0.3, -0.25) is 40.7 Å². The molecule has 0 bridgehead atoms.